The van der Waals surface area contributed by atoms with E-state index in [1.807, 2.05) is 53.9 Å². The largest absolute Gasteiger partial charge is 0.388 e. The number of benzene rings is 2. The van der Waals surface area contributed by atoms with Crippen LogP contribution in [0.15, 0.2) is 66.5 Å². The van der Waals surface area contributed by atoms with E-state index in [1.54, 1.807) is 11.1 Å². The summed E-state index contributed by atoms with van der Waals surface area (Å²) in [5.41, 5.74) is 8.32. The average Bonchev–Trinajstić information content (AvgIpc) is 3.84. The number of nitrogens with zero attached hydrogens (tertiary/aromatic N) is 2. The fourth-order valence-electron chi connectivity index (χ4n) is 7.58. The predicted octanol–water partition coefficient (Wildman–Crippen LogP) is 3.82. The van der Waals surface area contributed by atoms with Crippen molar-refractivity contribution in [1.82, 2.24) is 25.5 Å². The first-order chi connectivity index (χ1) is 24.3. The highest BCUT2D eigenvalue weighted by atomic mass is 32.2. The van der Waals surface area contributed by atoms with E-state index in [9.17, 15) is 19.5 Å². The van der Waals surface area contributed by atoms with Crippen molar-refractivity contribution >= 4 is 40.3 Å². The molecule has 3 amide bonds. The van der Waals surface area contributed by atoms with E-state index in [-0.39, 0.29) is 24.7 Å². The summed E-state index contributed by atoms with van der Waals surface area (Å²) >= 11 is 1.39. The molecule has 1 unspecified atom stereocenters. The van der Waals surface area contributed by atoms with Crippen LogP contribution in [0.3, 0.4) is 0 Å². The number of amides is 3. The Morgan fingerprint density at radius 1 is 1.04 bits per heavy atom. The van der Waals surface area contributed by atoms with Crippen molar-refractivity contribution in [1.29, 1.82) is 0 Å². The first-order valence-electron chi connectivity index (χ1n) is 18.0. The summed E-state index contributed by atoms with van der Waals surface area (Å²) in [6.45, 7) is 1.89. The van der Waals surface area contributed by atoms with E-state index in [0.29, 0.717) is 57.2 Å². The Morgan fingerprint density at radius 2 is 1.82 bits per heavy atom. The number of aromatic amines is 1. The Labute approximate surface area is 298 Å². The van der Waals surface area contributed by atoms with Crippen LogP contribution in [0, 0.1) is 11.8 Å². The van der Waals surface area contributed by atoms with E-state index in [0.717, 1.165) is 42.0 Å². The van der Waals surface area contributed by atoms with Crippen molar-refractivity contribution in [3.8, 4) is 0 Å². The van der Waals surface area contributed by atoms with Gasteiger partial charge in [-0.3, -0.25) is 14.4 Å². The summed E-state index contributed by atoms with van der Waals surface area (Å²) in [7, 11) is 0. The number of H-pyrrole nitrogens is 1. The minimum absolute atomic E-state index is 0.00358. The zero-order chi connectivity index (χ0) is 34.9. The molecule has 12 heteroatoms. The van der Waals surface area contributed by atoms with Crippen molar-refractivity contribution < 1.29 is 24.2 Å². The Kier molecular flexibility index (Phi) is 12.3. The fraction of sp³-hybridized carbons (Fsp3) is 0.526. The van der Waals surface area contributed by atoms with Crippen LogP contribution < -0.4 is 16.4 Å². The van der Waals surface area contributed by atoms with Crippen LogP contribution in [-0.4, -0.2) is 87.1 Å². The lowest BCUT2D eigenvalue weighted by Gasteiger charge is -2.38. The molecule has 3 aromatic rings. The van der Waals surface area contributed by atoms with Gasteiger partial charge >= 0.3 is 0 Å². The van der Waals surface area contributed by atoms with Gasteiger partial charge in [-0.2, -0.15) is 0 Å². The minimum Gasteiger partial charge on any atom is -0.388 e. The van der Waals surface area contributed by atoms with Gasteiger partial charge in [-0.15, -0.1) is 11.8 Å². The van der Waals surface area contributed by atoms with E-state index in [1.165, 1.54) is 24.5 Å². The van der Waals surface area contributed by atoms with Gasteiger partial charge in [-0.1, -0.05) is 80.6 Å². The first-order valence-corrected chi connectivity index (χ1v) is 18.9. The molecule has 0 radical (unpaired) electrons. The standard InChI is InChI=1S/C38H50N6O5S/c39-38(14-7-19-50-38)35(46)32(20-26-8-2-1-3-9-26)42-37(48)33(23-30-24-40-25-41-30)43-36(47)29(22-34(45)44-15-17-49-18-16-44)21-28-12-6-11-27-10-4-5-13-31(27)28/h4-7,10-13,19,24-26,29,32-33,35,46H,1-3,8-9,14-18,20-23,39H2,(H,40,41)(H,42,48)(H,43,47)/t29-,32+,33+,35-,38?/m1/s1. The molecule has 2 aromatic carbocycles. The van der Waals surface area contributed by atoms with Gasteiger partial charge in [-0.25, -0.2) is 4.98 Å². The summed E-state index contributed by atoms with van der Waals surface area (Å²) in [5.74, 6) is -1.27. The van der Waals surface area contributed by atoms with Crippen LogP contribution in [-0.2, 0) is 32.0 Å². The van der Waals surface area contributed by atoms with Gasteiger partial charge in [-0.05, 0) is 46.9 Å². The lowest BCUT2D eigenvalue weighted by atomic mass is 9.82. The summed E-state index contributed by atoms with van der Waals surface area (Å²) in [5, 5.41) is 21.8. The lowest BCUT2D eigenvalue weighted by molar-refractivity contribution is -0.140. The molecule has 3 aliphatic rings. The average molecular weight is 703 g/mol. The van der Waals surface area contributed by atoms with E-state index < -0.39 is 34.9 Å². The van der Waals surface area contributed by atoms with Crippen molar-refractivity contribution in [2.75, 3.05) is 26.3 Å². The molecule has 2 fully saturated rings. The smallest absolute Gasteiger partial charge is 0.243 e. The molecule has 1 aromatic heterocycles. The monoisotopic (exact) mass is 702 g/mol. The number of imidazole rings is 1. The van der Waals surface area contributed by atoms with Crippen LogP contribution in [0.2, 0.25) is 0 Å². The molecule has 1 saturated heterocycles. The summed E-state index contributed by atoms with van der Waals surface area (Å²) in [6, 6.07) is 12.4. The molecular formula is C38H50N6O5S. The molecule has 1 saturated carbocycles. The molecule has 1 aliphatic carbocycles. The highest BCUT2D eigenvalue weighted by Gasteiger charge is 2.42. The number of rotatable bonds is 14. The van der Waals surface area contributed by atoms with Crippen LogP contribution in [0.25, 0.3) is 10.8 Å². The Hall–Kier alpha value is -3.71. The number of carbonyl (C=O) groups excluding carboxylic acids is 3. The maximum Gasteiger partial charge on any atom is 0.243 e. The number of aliphatic hydroxyl groups is 1. The number of aliphatic hydroxyl groups excluding tert-OH is 1. The second kappa shape index (κ2) is 17.0. The number of carbonyl (C=O) groups is 3. The van der Waals surface area contributed by atoms with Gasteiger partial charge in [0.05, 0.1) is 36.4 Å². The number of ether oxygens (including phenoxy) is 1. The van der Waals surface area contributed by atoms with Gasteiger partial charge < -0.3 is 36.1 Å². The molecule has 3 heterocycles. The molecule has 6 rings (SSSR count). The minimum atomic E-state index is -0.998. The summed E-state index contributed by atoms with van der Waals surface area (Å²) in [6.07, 6.45) is 11.2. The molecule has 0 bridgehead atoms. The molecule has 268 valence electrons. The number of morpholine rings is 1. The predicted molar refractivity (Wildman–Crippen MR) is 195 cm³/mol. The van der Waals surface area contributed by atoms with E-state index >= 15 is 0 Å². The van der Waals surface area contributed by atoms with Crippen molar-refractivity contribution in [2.45, 2.75) is 87.3 Å². The highest BCUT2D eigenvalue weighted by Crippen LogP contribution is 2.38. The van der Waals surface area contributed by atoms with Gasteiger partial charge in [0.25, 0.3) is 0 Å². The Balaban J connectivity index is 1.24. The van der Waals surface area contributed by atoms with Crippen molar-refractivity contribution in [3.63, 3.8) is 0 Å². The number of fused-ring (bicyclic) bond motifs is 1. The van der Waals surface area contributed by atoms with Gasteiger partial charge in [0.2, 0.25) is 17.7 Å². The number of nitrogens with one attached hydrogen (secondary N) is 3. The maximum atomic E-state index is 14.3. The number of nitrogens with two attached hydrogens (primary N) is 1. The number of hydrogen-bond acceptors (Lipinski definition) is 8. The summed E-state index contributed by atoms with van der Waals surface area (Å²) < 4.78 is 5.45. The number of aromatic nitrogens is 2. The van der Waals surface area contributed by atoms with Gasteiger partial charge in [0.15, 0.2) is 0 Å². The molecule has 6 N–H and O–H groups in total. The second-order valence-electron chi connectivity index (χ2n) is 14.0. The van der Waals surface area contributed by atoms with Gasteiger partial charge in [0, 0.05) is 37.8 Å². The van der Waals surface area contributed by atoms with Crippen molar-refractivity contribution in [2.24, 2.45) is 17.6 Å². The van der Waals surface area contributed by atoms with Crippen molar-refractivity contribution in [3.05, 3.63) is 77.7 Å². The highest BCUT2D eigenvalue weighted by molar-refractivity contribution is 8.03. The molecule has 0 spiro atoms. The second-order valence-corrected chi connectivity index (χ2v) is 15.3. The quantitative estimate of drug-likeness (QED) is 0.169. The number of hydrogen-bond donors (Lipinski definition) is 5. The van der Waals surface area contributed by atoms with E-state index in [4.69, 9.17) is 10.5 Å². The Bertz CT molecular complexity index is 1610. The first kappa shape index (κ1) is 36.1. The molecule has 50 heavy (non-hydrogen) atoms. The third-order valence-electron chi connectivity index (χ3n) is 10.5. The maximum absolute atomic E-state index is 14.3. The SMILES string of the molecule is NC1([C@H](O)[C@H](CC2CCCCC2)NC(=O)[C@H](Cc2cnc[nH]2)NC(=O)[C@@H](CC(=O)N2CCOCC2)Cc2cccc3ccccc23)CC=CS1. The molecule has 5 atom stereocenters. The zero-order valence-corrected chi connectivity index (χ0v) is 29.4. The van der Waals surface area contributed by atoms with Crippen LogP contribution in [0.4, 0.5) is 0 Å². The third-order valence-corrected chi connectivity index (χ3v) is 11.6. The topological polar surface area (TPSA) is 163 Å². The molecule has 11 nitrogen and oxygen atoms in total. The molecular weight excluding hydrogens is 653 g/mol. The Morgan fingerprint density at radius 3 is 2.56 bits per heavy atom. The summed E-state index contributed by atoms with van der Waals surface area (Å²) in [4.78, 5) is 50.2. The number of thioether (sulfide) groups is 1. The van der Waals surface area contributed by atoms with Crippen LogP contribution in [0.1, 0.15) is 62.6 Å². The van der Waals surface area contributed by atoms with Gasteiger partial charge in [0.1, 0.15) is 12.1 Å². The van der Waals surface area contributed by atoms with E-state index in [2.05, 4.69) is 20.6 Å². The third kappa shape index (κ3) is 9.14. The van der Waals surface area contributed by atoms with Crippen LogP contribution >= 0.6 is 11.8 Å². The normalized spacial score (nSPS) is 22.2. The van der Waals surface area contributed by atoms with Crippen LogP contribution in [0.5, 0.6) is 0 Å². The lowest BCUT2D eigenvalue weighted by Crippen LogP contribution is -2.60. The molecule has 2 aliphatic heterocycles. The fourth-order valence-corrected chi connectivity index (χ4v) is 8.52. The zero-order valence-electron chi connectivity index (χ0n) is 28.6.